The van der Waals surface area contributed by atoms with Crippen molar-refractivity contribution in [2.24, 2.45) is 5.92 Å². The lowest BCUT2D eigenvalue weighted by molar-refractivity contribution is -0.123. The topological polar surface area (TPSA) is 71.1 Å². The number of imidazole rings is 1. The number of rotatable bonds is 6. The van der Waals surface area contributed by atoms with Gasteiger partial charge in [-0.25, -0.2) is 4.98 Å². The molecule has 1 saturated carbocycles. The highest BCUT2D eigenvalue weighted by atomic mass is 16.3. The molecule has 7 heteroatoms. The number of hydrogen-bond acceptors (Lipinski definition) is 4. The number of aryl methyl sites for hydroxylation is 1. The maximum atomic E-state index is 13.2. The molecule has 7 nitrogen and oxygen atoms in total. The number of pyridine rings is 1. The molecule has 0 aliphatic heterocycles. The van der Waals surface area contributed by atoms with Crippen LogP contribution in [-0.4, -0.2) is 40.2 Å². The molecule has 0 spiro atoms. The fraction of sp³-hybridized carbons (Fsp3) is 0.458. The van der Waals surface area contributed by atoms with Crippen molar-refractivity contribution in [3.05, 3.63) is 53.7 Å². The molecule has 3 aromatic rings. The molecule has 4 rings (SSSR count). The van der Waals surface area contributed by atoms with Crippen LogP contribution in [-0.2, 0) is 17.8 Å². The third kappa shape index (κ3) is 4.22. The first-order valence-corrected chi connectivity index (χ1v) is 11.1. The monoisotopic (exact) mass is 422 g/mol. The van der Waals surface area contributed by atoms with Crippen LogP contribution >= 0.6 is 0 Å². The van der Waals surface area contributed by atoms with E-state index in [-0.39, 0.29) is 17.7 Å². The maximum absolute atomic E-state index is 13.2. The van der Waals surface area contributed by atoms with Gasteiger partial charge in [0.15, 0.2) is 0 Å². The van der Waals surface area contributed by atoms with Crippen LogP contribution in [0.15, 0.2) is 41.1 Å². The van der Waals surface area contributed by atoms with Crippen LogP contribution in [0, 0.1) is 5.92 Å². The minimum Gasteiger partial charge on any atom is -0.467 e. The first-order valence-electron chi connectivity index (χ1n) is 11.1. The van der Waals surface area contributed by atoms with Crippen molar-refractivity contribution in [3.63, 3.8) is 0 Å². The molecular formula is C24H30N4O3. The normalized spacial score (nSPS) is 14.7. The number of amides is 2. The first-order chi connectivity index (χ1) is 15.0. The molecule has 0 unspecified atom stereocenters. The number of furan rings is 1. The van der Waals surface area contributed by atoms with E-state index in [1.54, 1.807) is 35.4 Å². The zero-order valence-electron chi connectivity index (χ0n) is 18.5. The Kier molecular flexibility index (Phi) is 6.11. The molecule has 0 N–H and O–H groups in total. The van der Waals surface area contributed by atoms with Crippen molar-refractivity contribution >= 4 is 23.3 Å². The van der Waals surface area contributed by atoms with Gasteiger partial charge in [-0.15, -0.1) is 0 Å². The summed E-state index contributed by atoms with van der Waals surface area (Å²) >= 11 is 0. The van der Waals surface area contributed by atoms with E-state index in [1.165, 1.54) is 6.42 Å². The molecule has 31 heavy (non-hydrogen) atoms. The summed E-state index contributed by atoms with van der Waals surface area (Å²) in [6.07, 6.45) is 9.43. The van der Waals surface area contributed by atoms with E-state index in [2.05, 4.69) is 0 Å². The van der Waals surface area contributed by atoms with Crippen LogP contribution in [0.5, 0.6) is 0 Å². The molecule has 3 heterocycles. The van der Waals surface area contributed by atoms with Gasteiger partial charge in [-0.1, -0.05) is 26.2 Å². The molecule has 3 aromatic heterocycles. The summed E-state index contributed by atoms with van der Waals surface area (Å²) in [7, 11) is 3.58. The van der Waals surface area contributed by atoms with Crippen LogP contribution < -0.4 is 4.90 Å². The number of aromatic nitrogens is 2. The minimum atomic E-state index is -0.114. The van der Waals surface area contributed by atoms with Crippen molar-refractivity contribution in [3.8, 4) is 0 Å². The van der Waals surface area contributed by atoms with Gasteiger partial charge in [0.2, 0.25) is 5.91 Å². The Bertz CT molecular complexity index is 1060. The summed E-state index contributed by atoms with van der Waals surface area (Å²) in [6.45, 7) is 2.42. The molecule has 2 amide bonds. The van der Waals surface area contributed by atoms with Gasteiger partial charge in [0.25, 0.3) is 5.91 Å². The molecule has 0 saturated heterocycles. The number of carbonyl (C=O) groups excluding carboxylic acids is 2. The summed E-state index contributed by atoms with van der Waals surface area (Å²) in [5, 5.41) is 0. The second-order valence-corrected chi connectivity index (χ2v) is 8.35. The zero-order chi connectivity index (χ0) is 22.0. The van der Waals surface area contributed by atoms with Gasteiger partial charge in [0.1, 0.15) is 17.2 Å². The van der Waals surface area contributed by atoms with Crippen molar-refractivity contribution in [1.82, 2.24) is 14.3 Å². The predicted molar refractivity (Wildman–Crippen MR) is 119 cm³/mol. The molecule has 164 valence electrons. The Balaban J connectivity index is 1.65. The number of hydrogen-bond donors (Lipinski definition) is 0. The van der Waals surface area contributed by atoms with E-state index in [4.69, 9.17) is 9.40 Å². The van der Waals surface area contributed by atoms with Crippen LogP contribution in [0.2, 0.25) is 0 Å². The molecular weight excluding hydrogens is 392 g/mol. The molecule has 0 atom stereocenters. The Morgan fingerprint density at radius 3 is 2.61 bits per heavy atom. The summed E-state index contributed by atoms with van der Waals surface area (Å²) in [5.41, 5.74) is 2.14. The fourth-order valence-corrected chi connectivity index (χ4v) is 4.46. The highest BCUT2D eigenvalue weighted by Crippen LogP contribution is 2.29. The average molecular weight is 423 g/mol. The molecule has 0 radical (unpaired) electrons. The van der Waals surface area contributed by atoms with Gasteiger partial charge >= 0.3 is 0 Å². The Hall–Kier alpha value is -3.09. The van der Waals surface area contributed by atoms with E-state index in [1.807, 2.05) is 36.6 Å². The summed E-state index contributed by atoms with van der Waals surface area (Å²) < 4.78 is 7.24. The van der Waals surface area contributed by atoms with Crippen molar-refractivity contribution < 1.29 is 14.0 Å². The average Bonchev–Trinajstić information content (AvgIpc) is 3.44. The second kappa shape index (κ2) is 8.96. The summed E-state index contributed by atoms with van der Waals surface area (Å²) in [4.78, 5) is 34.3. The van der Waals surface area contributed by atoms with Gasteiger partial charge in [-0.3, -0.25) is 18.9 Å². The van der Waals surface area contributed by atoms with Gasteiger partial charge in [-0.05, 0) is 43.5 Å². The van der Waals surface area contributed by atoms with E-state index >= 15 is 0 Å². The van der Waals surface area contributed by atoms with Gasteiger partial charge in [0, 0.05) is 26.2 Å². The highest BCUT2D eigenvalue weighted by molar-refractivity contribution is 5.96. The number of carbonyl (C=O) groups is 2. The van der Waals surface area contributed by atoms with Gasteiger partial charge in [0.05, 0.1) is 24.1 Å². The number of anilines is 1. The van der Waals surface area contributed by atoms with E-state index in [9.17, 15) is 9.59 Å². The number of nitrogens with zero attached hydrogens (tertiary/aromatic N) is 4. The molecule has 1 aliphatic carbocycles. The van der Waals surface area contributed by atoms with E-state index in [0.717, 1.165) is 48.6 Å². The van der Waals surface area contributed by atoms with E-state index in [0.29, 0.717) is 18.5 Å². The summed E-state index contributed by atoms with van der Waals surface area (Å²) in [6, 6.07) is 7.29. The lowest BCUT2D eigenvalue weighted by Crippen LogP contribution is -2.35. The Labute approximate surface area is 182 Å². The second-order valence-electron chi connectivity index (χ2n) is 8.35. The molecule has 0 aromatic carbocycles. The number of fused-ring (bicyclic) bond motifs is 1. The van der Waals surface area contributed by atoms with Crippen molar-refractivity contribution in [2.45, 2.75) is 52.0 Å². The van der Waals surface area contributed by atoms with Crippen molar-refractivity contribution in [1.29, 1.82) is 0 Å². The molecule has 1 aliphatic rings. The highest BCUT2D eigenvalue weighted by Gasteiger charge is 2.28. The standard InChI is InChI=1S/C24H30N4O3/c1-4-20-22(27(3)24(30)17-9-6-5-7-10-17)28-15-18(12-13-21(28)25-20)23(29)26(2)16-19-11-8-14-31-19/h8,11-15,17H,4-7,9-10,16H2,1-3H3. The lowest BCUT2D eigenvalue weighted by atomic mass is 9.88. The molecule has 1 fully saturated rings. The summed E-state index contributed by atoms with van der Waals surface area (Å²) in [5.74, 6) is 1.58. The SMILES string of the molecule is CCc1nc2ccc(C(=O)N(C)Cc3ccco3)cn2c1N(C)C(=O)C1CCCCC1. The largest absolute Gasteiger partial charge is 0.467 e. The quantitative estimate of drug-likeness (QED) is 0.594. The van der Waals surface area contributed by atoms with Crippen LogP contribution in [0.25, 0.3) is 5.65 Å². The van der Waals surface area contributed by atoms with Crippen LogP contribution in [0.3, 0.4) is 0 Å². The van der Waals surface area contributed by atoms with Crippen LogP contribution in [0.4, 0.5) is 5.82 Å². The minimum absolute atomic E-state index is 0.0678. The Morgan fingerprint density at radius 1 is 1.16 bits per heavy atom. The predicted octanol–water partition coefficient (Wildman–Crippen LogP) is 4.31. The first kappa shape index (κ1) is 21.2. The lowest BCUT2D eigenvalue weighted by Gasteiger charge is -2.26. The van der Waals surface area contributed by atoms with E-state index < -0.39 is 0 Å². The maximum Gasteiger partial charge on any atom is 0.255 e. The molecule has 0 bridgehead atoms. The van der Waals surface area contributed by atoms with Gasteiger partial charge in [-0.2, -0.15) is 0 Å². The fourth-order valence-electron chi connectivity index (χ4n) is 4.46. The smallest absolute Gasteiger partial charge is 0.255 e. The Morgan fingerprint density at radius 2 is 1.94 bits per heavy atom. The van der Waals surface area contributed by atoms with Crippen LogP contribution in [0.1, 0.15) is 60.8 Å². The third-order valence-corrected chi connectivity index (χ3v) is 6.17. The zero-order valence-corrected chi connectivity index (χ0v) is 18.5. The van der Waals surface area contributed by atoms with Crippen molar-refractivity contribution in [2.75, 3.05) is 19.0 Å². The van der Waals surface area contributed by atoms with Gasteiger partial charge < -0.3 is 9.32 Å². The third-order valence-electron chi connectivity index (χ3n) is 6.17.